The molecule has 0 bridgehead atoms. The van der Waals surface area contributed by atoms with E-state index in [9.17, 15) is 4.39 Å². The number of ether oxygens (including phenoxy) is 1. The Labute approximate surface area is 88.2 Å². The van der Waals surface area contributed by atoms with E-state index in [-0.39, 0.29) is 11.8 Å². The highest BCUT2D eigenvalue weighted by Gasteiger charge is 2.16. The molecule has 0 radical (unpaired) electrons. The fraction of sp³-hybridized carbons (Fsp3) is 0.364. The Morgan fingerprint density at radius 3 is 3.20 bits per heavy atom. The molecule has 0 aromatic carbocycles. The maximum atomic E-state index is 13.1. The average Bonchev–Trinajstić information content (AvgIpc) is 2.63. The molecule has 1 aromatic rings. The van der Waals surface area contributed by atoms with E-state index in [1.54, 1.807) is 12.1 Å². The summed E-state index contributed by atoms with van der Waals surface area (Å²) in [6.07, 6.45) is 5.55. The summed E-state index contributed by atoms with van der Waals surface area (Å²) in [5.74, 6) is -0.340. The number of rotatable bonds is 3. The topological polar surface area (TPSA) is 25.4 Å². The zero-order chi connectivity index (χ0) is 10.7. The lowest BCUT2D eigenvalue weighted by molar-refractivity contribution is 0.208. The highest BCUT2D eigenvalue weighted by atomic mass is 19.1. The van der Waals surface area contributed by atoms with Gasteiger partial charge in [-0.05, 0) is 19.2 Å². The Morgan fingerprint density at radius 1 is 1.67 bits per heavy atom. The zero-order valence-electron chi connectivity index (χ0n) is 8.56. The van der Waals surface area contributed by atoms with Crippen molar-refractivity contribution >= 4 is 0 Å². The van der Waals surface area contributed by atoms with Crippen LogP contribution in [0.5, 0.6) is 5.75 Å². The molecule has 2 heterocycles. The maximum absolute atomic E-state index is 13.1. The maximum Gasteiger partial charge on any atom is 0.255 e. The molecule has 1 atom stereocenters. The van der Waals surface area contributed by atoms with Crippen molar-refractivity contribution in [2.24, 2.45) is 0 Å². The lowest BCUT2D eigenvalue weighted by atomic mass is 10.3. The number of hydrogen-bond donors (Lipinski definition) is 0. The van der Waals surface area contributed by atoms with Crippen LogP contribution in [0.2, 0.25) is 0 Å². The third-order valence-electron chi connectivity index (χ3n) is 2.45. The molecule has 1 aromatic heterocycles. The molecule has 15 heavy (non-hydrogen) atoms. The molecular weight excluding hydrogens is 195 g/mol. The Kier molecular flexibility index (Phi) is 2.97. The van der Waals surface area contributed by atoms with Crippen LogP contribution in [0.25, 0.3) is 0 Å². The molecule has 0 fully saturated rings. The Hall–Kier alpha value is -1.42. The second-order valence-electron chi connectivity index (χ2n) is 3.54. The highest BCUT2D eigenvalue weighted by molar-refractivity contribution is 5.18. The molecule has 0 amide bonds. The number of halogens is 1. The summed E-state index contributed by atoms with van der Waals surface area (Å²) in [7, 11) is 2.01. The van der Waals surface area contributed by atoms with Gasteiger partial charge in [-0.25, -0.2) is 4.98 Å². The van der Waals surface area contributed by atoms with Crippen LogP contribution in [0.15, 0.2) is 30.5 Å². The first-order chi connectivity index (χ1) is 7.27. The van der Waals surface area contributed by atoms with E-state index in [4.69, 9.17) is 4.74 Å². The van der Waals surface area contributed by atoms with Gasteiger partial charge in [0.05, 0.1) is 6.04 Å². The van der Waals surface area contributed by atoms with Gasteiger partial charge in [0.15, 0.2) is 5.75 Å². The smallest absolute Gasteiger partial charge is 0.255 e. The van der Waals surface area contributed by atoms with Crippen molar-refractivity contribution in [3.63, 3.8) is 0 Å². The van der Waals surface area contributed by atoms with Crippen LogP contribution in [-0.2, 0) is 0 Å². The van der Waals surface area contributed by atoms with Gasteiger partial charge in [0.25, 0.3) is 5.95 Å². The minimum Gasteiger partial charge on any atom is -0.487 e. The van der Waals surface area contributed by atoms with E-state index in [1.165, 1.54) is 6.20 Å². The minimum absolute atomic E-state index is 0.214. The van der Waals surface area contributed by atoms with Crippen molar-refractivity contribution in [3.05, 3.63) is 36.4 Å². The molecular formula is C11H13FN2O. The SMILES string of the molecule is CN1CC=C[C@H]1COc1cccnc1F. The summed E-state index contributed by atoms with van der Waals surface area (Å²) in [6.45, 7) is 1.37. The van der Waals surface area contributed by atoms with Crippen molar-refractivity contribution in [2.75, 3.05) is 20.2 Å². The van der Waals surface area contributed by atoms with Crippen molar-refractivity contribution in [1.82, 2.24) is 9.88 Å². The van der Waals surface area contributed by atoms with Crippen molar-refractivity contribution in [2.45, 2.75) is 6.04 Å². The van der Waals surface area contributed by atoms with Crippen LogP contribution in [0.1, 0.15) is 0 Å². The molecule has 0 unspecified atom stereocenters. The number of likely N-dealkylation sites (N-methyl/N-ethyl adjacent to an activating group) is 1. The van der Waals surface area contributed by atoms with Gasteiger partial charge in [0, 0.05) is 12.7 Å². The molecule has 4 heteroatoms. The lowest BCUT2D eigenvalue weighted by Crippen LogP contribution is -2.31. The number of hydrogen-bond acceptors (Lipinski definition) is 3. The normalized spacial score (nSPS) is 20.8. The third kappa shape index (κ3) is 2.33. The molecule has 1 aliphatic rings. The van der Waals surface area contributed by atoms with E-state index < -0.39 is 5.95 Å². The van der Waals surface area contributed by atoms with Crippen LogP contribution in [0, 0.1) is 5.95 Å². The van der Waals surface area contributed by atoms with Gasteiger partial charge in [-0.3, -0.25) is 4.90 Å². The average molecular weight is 208 g/mol. The minimum atomic E-state index is -0.554. The molecule has 0 saturated heterocycles. The first-order valence-corrected chi connectivity index (χ1v) is 4.87. The molecule has 0 spiro atoms. The monoisotopic (exact) mass is 208 g/mol. The quantitative estimate of drug-likeness (QED) is 0.555. The second-order valence-corrected chi connectivity index (χ2v) is 3.54. The standard InChI is InChI=1S/C11H13FN2O/c1-14-7-3-4-9(14)8-15-10-5-2-6-13-11(10)12/h2-6,9H,7-8H2,1H3/t9-/m0/s1. The largest absolute Gasteiger partial charge is 0.487 e. The lowest BCUT2D eigenvalue weighted by Gasteiger charge is -2.19. The first kappa shape index (κ1) is 10.1. The van der Waals surface area contributed by atoms with Gasteiger partial charge in [-0.1, -0.05) is 12.2 Å². The second kappa shape index (κ2) is 4.40. The van der Waals surface area contributed by atoms with Crippen LogP contribution < -0.4 is 4.74 Å². The number of nitrogens with zero attached hydrogens (tertiary/aromatic N) is 2. The molecule has 2 rings (SSSR count). The van der Waals surface area contributed by atoms with Gasteiger partial charge in [0.1, 0.15) is 6.61 Å². The predicted octanol–water partition coefficient (Wildman–Crippen LogP) is 1.47. The molecule has 0 N–H and O–H groups in total. The van der Waals surface area contributed by atoms with Crippen molar-refractivity contribution < 1.29 is 9.13 Å². The van der Waals surface area contributed by atoms with E-state index in [0.29, 0.717) is 6.61 Å². The van der Waals surface area contributed by atoms with Crippen LogP contribution >= 0.6 is 0 Å². The fourth-order valence-corrected chi connectivity index (χ4v) is 1.50. The zero-order valence-corrected chi connectivity index (χ0v) is 8.56. The Morgan fingerprint density at radius 2 is 2.53 bits per heavy atom. The van der Waals surface area contributed by atoms with Crippen LogP contribution in [-0.4, -0.2) is 36.1 Å². The molecule has 80 valence electrons. The summed E-state index contributed by atoms with van der Waals surface area (Å²) in [5, 5.41) is 0. The molecule has 1 aliphatic heterocycles. The molecule has 0 saturated carbocycles. The fourth-order valence-electron chi connectivity index (χ4n) is 1.50. The van der Waals surface area contributed by atoms with E-state index in [0.717, 1.165) is 6.54 Å². The van der Waals surface area contributed by atoms with E-state index >= 15 is 0 Å². The van der Waals surface area contributed by atoms with Gasteiger partial charge in [0.2, 0.25) is 0 Å². The van der Waals surface area contributed by atoms with Crippen LogP contribution in [0.4, 0.5) is 4.39 Å². The van der Waals surface area contributed by atoms with E-state index in [2.05, 4.69) is 22.0 Å². The van der Waals surface area contributed by atoms with Gasteiger partial charge in [-0.15, -0.1) is 0 Å². The molecule has 0 aliphatic carbocycles. The Balaban J connectivity index is 1.93. The number of pyridine rings is 1. The number of aromatic nitrogens is 1. The summed E-state index contributed by atoms with van der Waals surface area (Å²) >= 11 is 0. The highest BCUT2D eigenvalue weighted by Crippen LogP contribution is 2.15. The van der Waals surface area contributed by atoms with Crippen molar-refractivity contribution in [3.8, 4) is 5.75 Å². The first-order valence-electron chi connectivity index (χ1n) is 4.87. The van der Waals surface area contributed by atoms with Crippen LogP contribution in [0.3, 0.4) is 0 Å². The van der Waals surface area contributed by atoms with Crippen molar-refractivity contribution in [1.29, 1.82) is 0 Å². The van der Waals surface area contributed by atoms with Gasteiger partial charge in [-0.2, -0.15) is 4.39 Å². The summed E-state index contributed by atoms with van der Waals surface area (Å²) in [4.78, 5) is 5.65. The summed E-state index contributed by atoms with van der Waals surface area (Å²) in [5.41, 5.74) is 0. The van der Waals surface area contributed by atoms with Gasteiger partial charge < -0.3 is 4.74 Å². The summed E-state index contributed by atoms with van der Waals surface area (Å²) < 4.78 is 18.5. The molecule has 3 nitrogen and oxygen atoms in total. The summed E-state index contributed by atoms with van der Waals surface area (Å²) in [6, 6.07) is 3.47. The van der Waals surface area contributed by atoms with E-state index in [1.807, 2.05) is 7.05 Å². The van der Waals surface area contributed by atoms with Gasteiger partial charge >= 0.3 is 0 Å². The third-order valence-corrected chi connectivity index (χ3v) is 2.45. The Bertz CT molecular complexity index is 367. The predicted molar refractivity (Wildman–Crippen MR) is 55.2 cm³/mol.